The maximum atomic E-state index is 5.13. The maximum absolute atomic E-state index is 5.13. The summed E-state index contributed by atoms with van der Waals surface area (Å²) in [5, 5.41) is 2.41. The van der Waals surface area contributed by atoms with E-state index in [1.807, 2.05) is 24.3 Å². The second-order valence-electron chi connectivity index (χ2n) is 4.87. The summed E-state index contributed by atoms with van der Waals surface area (Å²) in [6.07, 6.45) is 0. The average Bonchev–Trinajstić information content (AvgIpc) is 2.97. The number of nitrogens with zero attached hydrogens (tertiary/aromatic N) is 2. The summed E-state index contributed by atoms with van der Waals surface area (Å²) in [7, 11) is 1.60. The number of imidazole rings is 1. The van der Waals surface area contributed by atoms with Crippen LogP contribution in [0.25, 0.3) is 33.3 Å². The van der Waals surface area contributed by atoms with E-state index in [1.165, 1.54) is 10.8 Å². The standard InChI is InChI=1S/C17H13N3O/c1-21-15-9-8-14-17(19-15)20-16(18-14)13-7-6-11-4-2-3-5-12(11)10-13/h2-10H,1H3,(H,18,19,20). The van der Waals surface area contributed by atoms with Crippen LogP contribution in [0, 0.1) is 0 Å². The second-order valence-corrected chi connectivity index (χ2v) is 4.87. The highest BCUT2D eigenvalue weighted by Crippen LogP contribution is 2.24. The van der Waals surface area contributed by atoms with E-state index in [1.54, 1.807) is 7.11 Å². The molecular formula is C17H13N3O. The van der Waals surface area contributed by atoms with Crippen LogP contribution in [0.2, 0.25) is 0 Å². The smallest absolute Gasteiger partial charge is 0.215 e. The zero-order valence-corrected chi connectivity index (χ0v) is 11.5. The first-order valence-corrected chi connectivity index (χ1v) is 6.73. The molecule has 0 bridgehead atoms. The van der Waals surface area contributed by atoms with Crippen molar-refractivity contribution >= 4 is 21.9 Å². The number of hydrogen-bond donors (Lipinski definition) is 1. The third-order valence-corrected chi connectivity index (χ3v) is 3.55. The Balaban J connectivity index is 1.87. The normalized spacial score (nSPS) is 11.1. The lowest BCUT2D eigenvalue weighted by Gasteiger charge is -2.00. The van der Waals surface area contributed by atoms with Crippen LogP contribution < -0.4 is 4.74 Å². The third-order valence-electron chi connectivity index (χ3n) is 3.55. The van der Waals surface area contributed by atoms with Crippen molar-refractivity contribution in [3.8, 4) is 17.3 Å². The highest BCUT2D eigenvalue weighted by molar-refractivity contribution is 5.87. The van der Waals surface area contributed by atoms with E-state index in [0.717, 1.165) is 16.9 Å². The van der Waals surface area contributed by atoms with Crippen LogP contribution >= 0.6 is 0 Å². The lowest BCUT2D eigenvalue weighted by Crippen LogP contribution is -1.86. The van der Waals surface area contributed by atoms with Crippen LogP contribution in [0.4, 0.5) is 0 Å². The number of H-pyrrole nitrogens is 1. The molecule has 0 spiro atoms. The van der Waals surface area contributed by atoms with Crippen molar-refractivity contribution < 1.29 is 4.74 Å². The van der Waals surface area contributed by atoms with Gasteiger partial charge in [0.1, 0.15) is 5.82 Å². The molecule has 2 heterocycles. The summed E-state index contributed by atoms with van der Waals surface area (Å²) in [5.41, 5.74) is 2.61. The highest BCUT2D eigenvalue weighted by Gasteiger charge is 2.08. The van der Waals surface area contributed by atoms with Crippen molar-refractivity contribution in [3.05, 3.63) is 54.6 Å². The Bertz CT molecular complexity index is 943. The molecule has 0 radical (unpaired) electrons. The van der Waals surface area contributed by atoms with Crippen LogP contribution in [0.1, 0.15) is 0 Å². The number of rotatable bonds is 2. The van der Waals surface area contributed by atoms with Crippen molar-refractivity contribution in [1.82, 2.24) is 15.0 Å². The minimum atomic E-state index is 0.569. The molecule has 0 saturated heterocycles. The van der Waals surface area contributed by atoms with Gasteiger partial charge in [0.25, 0.3) is 0 Å². The Morgan fingerprint density at radius 1 is 0.905 bits per heavy atom. The third kappa shape index (κ3) is 2.01. The monoisotopic (exact) mass is 275 g/mol. The molecule has 0 aliphatic heterocycles. The molecule has 0 saturated carbocycles. The van der Waals surface area contributed by atoms with E-state index in [-0.39, 0.29) is 0 Å². The van der Waals surface area contributed by atoms with Gasteiger partial charge in [-0.15, -0.1) is 0 Å². The first-order chi connectivity index (χ1) is 10.3. The van der Waals surface area contributed by atoms with Gasteiger partial charge in [-0.2, -0.15) is 4.98 Å². The molecule has 0 unspecified atom stereocenters. The summed E-state index contributed by atoms with van der Waals surface area (Å²) >= 11 is 0. The predicted octanol–water partition coefficient (Wildman–Crippen LogP) is 3.79. The van der Waals surface area contributed by atoms with Gasteiger partial charge in [-0.05, 0) is 22.9 Å². The van der Waals surface area contributed by atoms with Crippen molar-refractivity contribution in [2.24, 2.45) is 0 Å². The van der Waals surface area contributed by atoms with Crippen molar-refractivity contribution in [3.63, 3.8) is 0 Å². The molecule has 0 aliphatic carbocycles. The minimum absolute atomic E-state index is 0.569. The van der Waals surface area contributed by atoms with Gasteiger partial charge in [-0.3, -0.25) is 0 Å². The molecule has 102 valence electrons. The average molecular weight is 275 g/mol. The van der Waals surface area contributed by atoms with Crippen LogP contribution in [0.5, 0.6) is 5.88 Å². The lowest BCUT2D eigenvalue weighted by atomic mass is 10.1. The summed E-state index contributed by atoms with van der Waals surface area (Å²) in [4.78, 5) is 12.2. The molecule has 4 nitrogen and oxygen atoms in total. The van der Waals surface area contributed by atoms with Gasteiger partial charge < -0.3 is 9.72 Å². The quantitative estimate of drug-likeness (QED) is 0.605. The SMILES string of the molecule is COc1ccc2[nH]c(-c3ccc4ccccc4c3)nc2n1. The predicted molar refractivity (Wildman–Crippen MR) is 83.4 cm³/mol. The molecule has 4 aromatic rings. The van der Waals surface area contributed by atoms with E-state index < -0.39 is 0 Å². The number of nitrogens with one attached hydrogen (secondary N) is 1. The van der Waals surface area contributed by atoms with E-state index >= 15 is 0 Å². The fourth-order valence-corrected chi connectivity index (χ4v) is 2.46. The number of aromatic amines is 1. The van der Waals surface area contributed by atoms with Gasteiger partial charge in [0, 0.05) is 11.6 Å². The van der Waals surface area contributed by atoms with Gasteiger partial charge >= 0.3 is 0 Å². The van der Waals surface area contributed by atoms with E-state index in [0.29, 0.717) is 11.5 Å². The van der Waals surface area contributed by atoms with Crippen molar-refractivity contribution in [2.45, 2.75) is 0 Å². The van der Waals surface area contributed by atoms with E-state index in [2.05, 4.69) is 45.3 Å². The fourth-order valence-electron chi connectivity index (χ4n) is 2.46. The van der Waals surface area contributed by atoms with E-state index in [9.17, 15) is 0 Å². The molecule has 4 rings (SSSR count). The molecule has 1 N–H and O–H groups in total. The van der Waals surface area contributed by atoms with Crippen LogP contribution in [-0.2, 0) is 0 Å². The number of ether oxygens (including phenoxy) is 1. The largest absolute Gasteiger partial charge is 0.481 e. The molecule has 0 atom stereocenters. The molecule has 0 fully saturated rings. The highest BCUT2D eigenvalue weighted by atomic mass is 16.5. The van der Waals surface area contributed by atoms with Gasteiger partial charge in [0.05, 0.1) is 12.6 Å². The minimum Gasteiger partial charge on any atom is -0.481 e. The number of hydrogen-bond acceptors (Lipinski definition) is 3. The van der Waals surface area contributed by atoms with Crippen LogP contribution in [-0.4, -0.2) is 22.1 Å². The Labute approximate surface area is 121 Å². The molecule has 0 aliphatic rings. The van der Waals surface area contributed by atoms with Gasteiger partial charge in [0.2, 0.25) is 5.88 Å². The number of pyridine rings is 1. The van der Waals surface area contributed by atoms with Crippen LogP contribution in [0.15, 0.2) is 54.6 Å². The number of benzene rings is 2. The Morgan fingerprint density at radius 3 is 2.62 bits per heavy atom. The summed E-state index contributed by atoms with van der Waals surface area (Å²) in [5.74, 6) is 1.38. The number of fused-ring (bicyclic) bond motifs is 2. The topological polar surface area (TPSA) is 50.8 Å². The summed E-state index contributed by atoms with van der Waals surface area (Å²) in [6.45, 7) is 0. The van der Waals surface area contributed by atoms with Crippen molar-refractivity contribution in [1.29, 1.82) is 0 Å². The Kier molecular flexibility index (Phi) is 2.60. The van der Waals surface area contributed by atoms with Crippen LogP contribution in [0.3, 0.4) is 0 Å². The second kappa shape index (κ2) is 4.59. The first kappa shape index (κ1) is 11.9. The Morgan fingerprint density at radius 2 is 1.76 bits per heavy atom. The zero-order chi connectivity index (χ0) is 14.2. The Hall–Kier alpha value is -2.88. The molecular weight excluding hydrogens is 262 g/mol. The summed E-state index contributed by atoms with van der Waals surface area (Å²) < 4.78 is 5.13. The van der Waals surface area contributed by atoms with E-state index in [4.69, 9.17) is 4.74 Å². The van der Waals surface area contributed by atoms with Gasteiger partial charge in [-0.1, -0.05) is 36.4 Å². The molecule has 4 heteroatoms. The van der Waals surface area contributed by atoms with Crippen molar-refractivity contribution in [2.75, 3.05) is 7.11 Å². The van der Waals surface area contributed by atoms with Gasteiger partial charge in [0.15, 0.2) is 5.65 Å². The first-order valence-electron chi connectivity index (χ1n) is 6.73. The molecule has 2 aromatic carbocycles. The zero-order valence-electron chi connectivity index (χ0n) is 11.5. The maximum Gasteiger partial charge on any atom is 0.215 e. The number of methoxy groups -OCH3 is 1. The number of aromatic nitrogens is 3. The molecule has 0 amide bonds. The summed E-state index contributed by atoms with van der Waals surface area (Å²) in [6, 6.07) is 18.3. The molecule has 21 heavy (non-hydrogen) atoms. The van der Waals surface area contributed by atoms with Gasteiger partial charge in [-0.25, -0.2) is 4.98 Å². The molecule has 2 aromatic heterocycles. The fraction of sp³-hybridized carbons (Fsp3) is 0.0588. The lowest BCUT2D eigenvalue weighted by molar-refractivity contribution is 0.399.